The average Bonchev–Trinajstić information content (AvgIpc) is 2.27. The van der Waals surface area contributed by atoms with Crippen LogP contribution >= 0.6 is 11.8 Å². The molecule has 10 heavy (non-hydrogen) atoms. The molecular weight excluding hydrogens is 144 g/mol. The SMILES string of the molecule is [NH]C1Nc2ccccc2S1. The average molecular weight is 151 g/mol. The van der Waals surface area contributed by atoms with Crippen molar-refractivity contribution in [3.8, 4) is 0 Å². The van der Waals surface area contributed by atoms with Crippen LogP contribution in [-0.4, -0.2) is 5.50 Å². The smallest absolute Gasteiger partial charge is 0.143 e. The molecule has 0 saturated heterocycles. The predicted molar refractivity (Wildman–Crippen MR) is 42.8 cm³/mol. The Hall–Kier alpha value is -0.670. The maximum absolute atomic E-state index is 7.37. The maximum atomic E-state index is 7.37. The van der Waals surface area contributed by atoms with Crippen molar-refractivity contribution >= 4 is 17.4 Å². The fraction of sp³-hybridized carbons (Fsp3) is 0.143. The van der Waals surface area contributed by atoms with Crippen molar-refractivity contribution in [2.45, 2.75) is 10.4 Å². The van der Waals surface area contributed by atoms with Gasteiger partial charge in [-0.25, -0.2) is 5.73 Å². The van der Waals surface area contributed by atoms with Crippen LogP contribution in [0.5, 0.6) is 0 Å². The highest BCUT2D eigenvalue weighted by Gasteiger charge is 2.16. The zero-order valence-electron chi connectivity index (χ0n) is 5.29. The summed E-state index contributed by atoms with van der Waals surface area (Å²) in [7, 11) is 0. The lowest BCUT2D eigenvalue weighted by Crippen LogP contribution is -2.09. The summed E-state index contributed by atoms with van der Waals surface area (Å²) in [5.74, 6) is 0. The first kappa shape index (κ1) is 6.07. The van der Waals surface area contributed by atoms with E-state index in [0.29, 0.717) is 0 Å². The second-order valence-corrected chi connectivity index (χ2v) is 3.29. The van der Waals surface area contributed by atoms with Gasteiger partial charge in [-0.15, -0.1) is 0 Å². The van der Waals surface area contributed by atoms with E-state index in [1.807, 2.05) is 24.3 Å². The number of hydrogen-bond donors (Lipinski definition) is 1. The quantitative estimate of drug-likeness (QED) is 0.613. The zero-order valence-corrected chi connectivity index (χ0v) is 6.11. The van der Waals surface area contributed by atoms with Crippen molar-refractivity contribution in [2.75, 3.05) is 5.32 Å². The summed E-state index contributed by atoms with van der Waals surface area (Å²) in [6.45, 7) is 0. The molecule has 1 radical (unpaired) electrons. The van der Waals surface area contributed by atoms with E-state index in [2.05, 4.69) is 5.32 Å². The summed E-state index contributed by atoms with van der Waals surface area (Å²) in [5.41, 5.74) is 8.25. The largest absolute Gasteiger partial charge is 0.359 e. The van der Waals surface area contributed by atoms with Gasteiger partial charge >= 0.3 is 0 Å². The van der Waals surface area contributed by atoms with Gasteiger partial charge in [0.15, 0.2) is 0 Å². The predicted octanol–water partition coefficient (Wildman–Crippen LogP) is 1.77. The van der Waals surface area contributed by atoms with Gasteiger partial charge in [0.25, 0.3) is 0 Å². The van der Waals surface area contributed by atoms with E-state index >= 15 is 0 Å². The third-order valence-corrected chi connectivity index (χ3v) is 2.38. The molecule has 0 fully saturated rings. The fourth-order valence-corrected chi connectivity index (χ4v) is 1.84. The molecule has 2 N–H and O–H groups in total. The van der Waals surface area contributed by atoms with Crippen molar-refractivity contribution in [1.29, 1.82) is 0 Å². The Kier molecular flexibility index (Phi) is 1.32. The molecule has 1 unspecified atom stereocenters. The van der Waals surface area contributed by atoms with Crippen molar-refractivity contribution in [1.82, 2.24) is 5.73 Å². The highest BCUT2D eigenvalue weighted by molar-refractivity contribution is 8.00. The van der Waals surface area contributed by atoms with Crippen LogP contribution in [0.1, 0.15) is 0 Å². The van der Waals surface area contributed by atoms with E-state index in [-0.39, 0.29) is 5.50 Å². The number of nitrogens with one attached hydrogen (secondary N) is 2. The van der Waals surface area contributed by atoms with Gasteiger partial charge in [0.1, 0.15) is 5.50 Å². The summed E-state index contributed by atoms with van der Waals surface area (Å²) in [4.78, 5) is 1.18. The van der Waals surface area contributed by atoms with Crippen LogP contribution in [0.2, 0.25) is 0 Å². The summed E-state index contributed by atoms with van der Waals surface area (Å²) >= 11 is 1.55. The van der Waals surface area contributed by atoms with Crippen molar-refractivity contribution < 1.29 is 0 Å². The minimum absolute atomic E-state index is 0.211. The summed E-state index contributed by atoms with van der Waals surface area (Å²) in [6.07, 6.45) is 0. The van der Waals surface area contributed by atoms with Gasteiger partial charge < -0.3 is 5.32 Å². The topological polar surface area (TPSA) is 35.8 Å². The molecule has 1 aliphatic rings. The molecular formula is C7H7N2S. The Morgan fingerprint density at radius 1 is 1.40 bits per heavy atom. The van der Waals surface area contributed by atoms with E-state index in [0.717, 1.165) is 5.69 Å². The Morgan fingerprint density at radius 3 is 3.00 bits per heavy atom. The van der Waals surface area contributed by atoms with Crippen LogP contribution < -0.4 is 11.1 Å². The number of para-hydroxylation sites is 1. The van der Waals surface area contributed by atoms with E-state index in [9.17, 15) is 0 Å². The molecule has 0 amide bonds. The van der Waals surface area contributed by atoms with E-state index in [1.165, 1.54) is 4.90 Å². The second-order valence-electron chi connectivity index (χ2n) is 2.14. The standard InChI is InChI=1S/C7H7N2S/c8-7-9-5-3-1-2-4-6(5)10-7/h1-4,7-9H. The minimum Gasteiger partial charge on any atom is -0.359 e. The molecule has 0 spiro atoms. The lowest BCUT2D eigenvalue weighted by atomic mass is 10.3. The van der Waals surface area contributed by atoms with Gasteiger partial charge in [0.05, 0.1) is 0 Å². The van der Waals surface area contributed by atoms with Gasteiger partial charge in [-0.05, 0) is 12.1 Å². The number of hydrogen-bond acceptors (Lipinski definition) is 2. The number of anilines is 1. The molecule has 3 heteroatoms. The van der Waals surface area contributed by atoms with E-state index in [4.69, 9.17) is 5.73 Å². The van der Waals surface area contributed by atoms with Gasteiger partial charge in [0.2, 0.25) is 0 Å². The zero-order chi connectivity index (χ0) is 6.97. The number of fused-ring (bicyclic) bond motifs is 1. The van der Waals surface area contributed by atoms with Crippen molar-refractivity contribution in [3.05, 3.63) is 24.3 Å². The highest BCUT2D eigenvalue weighted by atomic mass is 32.2. The molecule has 1 heterocycles. The molecule has 0 bridgehead atoms. The summed E-state index contributed by atoms with van der Waals surface area (Å²) < 4.78 is 0. The molecule has 51 valence electrons. The minimum atomic E-state index is -0.211. The number of rotatable bonds is 0. The molecule has 1 atom stereocenters. The third kappa shape index (κ3) is 0.874. The van der Waals surface area contributed by atoms with Crippen LogP contribution in [0.4, 0.5) is 5.69 Å². The molecule has 0 saturated carbocycles. The van der Waals surface area contributed by atoms with E-state index in [1.54, 1.807) is 11.8 Å². The molecule has 1 aromatic rings. The molecule has 2 nitrogen and oxygen atoms in total. The fourth-order valence-electron chi connectivity index (χ4n) is 0.986. The first-order chi connectivity index (χ1) is 4.86. The van der Waals surface area contributed by atoms with Crippen molar-refractivity contribution in [3.63, 3.8) is 0 Å². The van der Waals surface area contributed by atoms with Crippen LogP contribution in [0.25, 0.3) is 0 Å². The lowest BCUT2D eigenvalue weighted by molar-refractivity contribution is 1.04. The Morgan fingerprint density at radius 2 is 2.20 bits per heavy atom. The first-order valence-corrected chi connectivity index (χ1v) is 3.97. The van der Waals surface area contributed by atoms with Crippen molar-refractivity contribution in [2.24, 2.45) is 0 Å². The normalized spacial score (nSPS) is 21.9. The second kappa shape index (κ2) is 2.18. The monoisotopic (exact) mass is 151 g/mol. The Bertz CT molecular complexity index is 224. The van der Waals surface area contributed by atoms with Gasteiger partial charge in [-0.1, -0.05) is 23.9 Å². The van der Waals surface area contributed by atoms with Gasteiger partial charge in [0, 0.05) is 10.6 Å². The van der Waals surface area contributed by atoms with Crippen LogP contribution in [0.15, 0.2) is 29.2 Å². The maximum Gasteiger partial charge on any atom is 0.143 e. The number of benzene rings is 1. The molecule has 2 rings (SSSR count). The summed E-state index contributed by atoms with van der Waals surface area (Å²) in [6, 6.07) is 7.99. The lowest BCUT2D eigenvalue weighted by Gasteiger charge is -1.98. The molecule has 0 aromatic heterocycles. The molecule has 0 aliphatic carbocycles. The van der Waals surface area contributed by atoms with Crippen LogP contribution in [0, 0.1) is 0 Å². The number of thioether (sulfide) groups is 1. The van der Waals surface area contributed by atoms with E-state index < -0.39 is 0 Å². The summed E-state index contributed by atoms with van der Waals surface area (Å²) in [5, 5.41) is 3.03. The Labute approximate surface area is 63.8 Å². The molecule has 1 aliphatic heterocycles. The molecule has 1 aromatic carbocycles. The van der Waals surface area contributed by atoms with Gasteiger partial charge in [-0.3, -0.25) is 0 Å². The van der Waals surface area contributed by atoms with Crippen LogP contribution in [-0.2, 0) is 0 Å². The Balaban J connectivity index is 2.42. The highest BCUT2D eigenvalue weighted by Crippen LogP contribution is 2.35. The van der Waals surface area contributed by atoms with Crippen LogP contribution in [0.3, 0.4) is 0 Å². The first-order valence-electron chi connectivity index (χ1n) is 3.09. The third-order valence-electron chi connectivity index (χ3n) is 1.42. The van der Waals surface area contributed by atoms with Gasteiger partial charge in [-0.2, -0.15) is 0 Å².